The van der Waals surface area contributed by atoms with Crippen molar-refractivity contribution >= 4 is 64.2 Å². The minimum absolute atomic E-state index is 0.247. The summed E-state index contributed by atoms with van der Waals surface area (Å²) in [5.41, 5.74) is 19.0. The molecule has 0 aromatic heterocycles. The number of allylic oxidation sites excluding steroid dienone is 6. The van der Waals surface area contributed by atoms with E-state index in [0.29, 0.717) is 5.92 Å². The molecule has 0 N–H and O–H groups in total. The van der Waals surface area contributed by atoms with Crippen LogP contribution in [0.3, 0.4) is 0 Å². The summed E-state index contributed by atoms with van der Waals surface area (Å²) in [4.78, 5) is 8.33. The number of anilines is 5. The van der Waals surface area contributed by atoms with Gasteiger partial charge in [0.15, 0.2) is 0 Å². The van der Waals surface area contributed by atoms with Gasteiger partial charge in [0.05, 0.1) is 11.4 Å². The fraction of sp³-hybridized carbons (Fsp3) is 0.273. The molecule has 1 atom stereocenters. The summed E-state index contributed by atoms with van der Waals surface area (Å²) in [5.74, 6) is 3.12. The van der Waals surface area contributed by atoms with E-state index in [4.69, 9.17) is 0 Å². The van der Waals surface area contributed by atoms with Crippen molar-refractivity contribution in [3.63, 3.8) is 0 Å². The fourth-order valence-corrected chi connectivity index (χ4v) is 22.4. The molecule has 7 aromatic carbocycles. The maximum Gasteiger partial charge on any atom is 0.0573 e. The average Bonchev–Trinajstić information content (AvgIpc) is 4.11. The van der Waals surface area contributed by atoms with Crippen LogP contribution in [-0.2, 0) is 11.8 Å². The largest absolute Gasteiger partial charge is 0.341 e. The minimum atomic E-state index is -2.73. The molecule has 1 unspecified atom stereocenters. The second-order valence-electron chi connectivity index (χ2n) is 22.9. The van der Waals surface area contributed by atoms with Gasteiger partial charge < -0.3 is 9.80 Å². The lowest BCUT2D eigenvalue weighted by molar-refractivity contribution is 0.348. The molecule has 0 bridgehead atoms. The van der Waals surface area contributed by atoms with Crippen molar-refractivity contribution < 1.29 is 0 Å². The summed E-state index contributed by atoms with van der Waals surface area (Å²) in [6.07, 6.45) is 28.8. The lowest BCUT2D eigenvalue weighted by Crippen LogP contribution is -2.41. The molecule has 3 heterocycles. The van der Waals surface area contributed by atoms with Crippen molar-refractivity contribution in [3.05, 3.63) is 214 Å². The third-order valence-corrected chi connectivity index (χ3v) is 26.6. The number of fused-ring (bicyclic) bond motifs is 12. The van der Waals surface area contributed by atoms with Gasteiger partial charge in [0.1, 0.15) is 0 Å². The van der Waals surface area contributed by atoms with Gasteiger partial charge in [-0.2, -0.15) is 0 Å². The molecule has 3 heteroatoms. The highest BCUT2D eigenvalue weighted by Gasteiger charge is 2.62. The summed E-state index contributed by atoms with van der Waals surface area (Å²) in [7, 11) is -2.73. The van der Waals surface area contributed by atoms with Gasteiger partial charge in [-0.05, 0) is 214 Å². The number of para-hydroxylation sites is 3. The Kier molecular flexibility index (Phi) is 8.97. The van der Waals surface area contributed by atoms with Gasteiger partial charge in [-0.3, -0.25) is 0 Å². The van der Waals surface area contributed by atoms with E-state index in [9.17, 15) is 0 Å². The van der Waals surface area contributed by atoms with Crippen LogP contribution in [-0.4, -0.2) is 30.6 Å². The molecular weight excluding hydrogens is 853 g/mol. The maximum atomic E-state index is 2.69. The molecule has 7 aliphatic rings. The molecule has 1 saturated heterocycles. The Bertz CT molecular complexity index is 3510. The maximum absolute atomic E-state index is 2.73. The Labute approximate surface area is 408 Å². The van der Waals surface area contributed by atoms with Crippen LogP contribution in [0.25, 0.3) is 27.5 Å². The molecule has 3 aliphatic heterocycles. The number of rotatable bonds is 5. The molecule has 69 heavy (non-hydrogen) atoms. The quantitative estimate of drug-likeness (QED) is 0.170. The number of benzene rings is 7. The van der Waals surface area contributed by atoms with Crippen molar-refractivity contribution in [2.45, 2.75) is 85.8 Å². The molecule has 1 saturated carbocycles. The van der Waals surface area contributed by atoms with Crippen LogP contribution < -0.4 is 20.2 Å². The number of aryl methyl sites for hydroxylation is 1. The smallest absolute Gasteiger partial charge is 0.0573 e. The minimum Gasteiger partial charge on any atom is -0.341 e. The van der Waals surface area contributed by atoms with E-state index in [0.717, 1.165) is 25.8 Å². The summed E-state index contributed by atoms with van der Waals surface area (Å²) in [6.45, 7) is 1.10. The van der Waals surface area contributed by atoms with E-state index in [1.807, 2.05) is 0 Å². The topological polar surface area (TPSA) is 6.48 Å². The Morgan fingerprint density at radius 3 is 2.04 bits per heavy atom. The molecule has 2 fully saturated rings. The molecule has 4 aliphatic carbocycles. The molecule has 0 amide bonds. The van der Waals surface area contributed by atoms with Gasteiger partial charge in [-0.25, -0.2) is 8.29 Å². The number of hydrogen-bond acceptors (Lipinski definition) is 2. The zero-order valence-electron chi connectivity index (χ0n) is 40.5. The Morgan fingerprint density at radius 2 is 1.25 bits per heavy atom. The van der Waals surface area contributed by atoms with Gasteiger partial charge in [-0.1, -0.05) is 128 Å². The standard InChI is InChI=1S/C66H64N2S/c1-69(2,40-13-14-41-69)64-23-9-7-21-62(64)68(63-22-8-10-24-65(63)69)53-32-30-49-43-51(29-28-50(49)44-53)55-35-31-47(54-18-4-5-19-56(54)55)27-25-46-26-34-57-58-36-33-52(67-39-15-17-48-16-3-6-20-61(48)67)45-60(58)66(59(57)42-46)37-11-12-38-66/h3-10,16,18-30,32-34,36,43-45,59H,11-15,17,31,35,37-42H2,1-2H3/b27-25+. The number of nitrogens with zero attached hydrogens (tertiary/aromatic N) is 2. The molecule has 14 rings (SSSR count). The van der Waals surface area contributed by atoms with Crippen molar-refractivity contribution in [1.82, 2.24) is 0 Å². The van der Waals surface area contributed by atoms with Crippen LogP contribution in [0.15, 0.2) is 191 Å². The first-order chi connectivity index (χ1) is 33.7. The van der Waals surface area contributed by atoms with Crippen molar-refractivity contribution in [2.75, 3.05) is 40.4 Å². The molecule has 7 aromatic rings. The third-order valence-electron chi connectivity index (χ3n) is 18.9. The molecule has 2 spiro atoms. The van der Waals surface area contributed by atoms with E-state index in [1.54, 1.807) is 20.9 Å². The van der Waals surface area contributed by atoms with Crippen LogP contribution in [0.1, 0.15) is 86.5 Å². The summed E-state index contributed by atoms with van der Waals surface area (Å²) < 4.78 is 0. The van der Waals surface area contributed by atoms with Crippen molar-refractivity contribution in [1.29, 1.82) is 0 Å². The molecule has 2 nitrogen and oxygen atoms in total. The first kappa shape index (κ1) is 41.7. The van der Waals surface area contributed by atoms with Gasteiger partial charge >= 0.3 is 0 Å². The molecule has 0 radical (unpaired) electrons. The van der Waals surface area contributed by atoms with E-state index >= 15 is 0 Å². The van der Waals surface area contributed by atoms with Crippen molar-refractivity contribution in [2.24, 2.45) is 5.92 Å². The fourth-order valence-electron chi connectivity index (χ4n) is 15.4. The average molecular weight is 917 g/mol. The zero-order chi connectivity index (χ0) is 46.0. The lowest BCUT2D eigenvalue weighted by atomic mass is 9.69. The number of hydrogen-bond donors (Lipinski definition) is 0. The highest BCUT2D eigenvalue weighted by atomic mass is 32.4. The zero-order valence-corrected chi connectivity index (χ0v) is 41.3. The normalized spacial score (nSPS) is 23.0. The highest BCUT2D eigenvalue weighted by molar-refractivity contribution is 8.64. The van der Waals surface area contributed by atoms with Crippen molar-refractivity contribution in [3.8, 4) is 0 Å². The summed E-state index contributed by atoms with van der Waals surface area (Å²) in [6, 6.07) is 59.0. The van der Waals surface area contributed by atoms with Gasteiger partial charge in [0.25, 0.3) is 0 Å². The predicted octanol–water partition coefficient (Wildman–Crippen LogP) is 15.6. The molecular formula is C66H64N2S. The van der Waals surface area contributed by atoms with Gasteiger partial charge in [0.2, 0.25) is 0 Å². The van der Waals surface area contributed by atoms with Gasteiger partial charge in [0, 0.05) is 38.8 Å². The summed E-state index contributed by atoms with van der Waals surface area (Å²) >= 11 is 0. The van der Waals surface area contributed by atoms with Crippen LogP contribution in [0.4, 0.5) is 28.4 Å². The first-order valence-electron chi connectivity index (χ1n) is 26.2. The van der Waals surface area contributed by atoms with Crippen LogP contribution in [0.2, 0.25) is 0 Å². The second-order valence-corrected chi connectivity index (χ2v) is 31.1. The SMILES string of the molecule is CS12(C)(CCCC1)c1ccccc1N(c1ccc3cc(C4=c5ccccc5=C(/C=C/C5=CC=C6c7ccc(N8CCCc9ccccc98)cc7C7(CCCC7)C6C5)CC4)ccc3c1)c1ccccc12. The third kappa shape index (κ3) is 5.99. The molecule has 344 valence electrons. The van der Waals surface area contributed by atoms with Gasteiger partial charge in [-0.15, -0.1) is 0 Å². The monoisotopic (exact) mass is 916 g/mol. The predicted molar refractivity (Wildman–Crippen MR) is 296 cm³/mol. The first-order valence-corrected chi connectivity index (χ1v) is 29.8. The van der Waals surface area contributed by atoms with Crippen LogP contribution in [0, 0.1) is 5.92 Å². The Balaban J connectivity index is 0.778. The van der Waals surface area contributed by atoms with E-state index in [1.165, 1.54) is 146 Å². The van der Waals surface area contributed by atoms with E-state index < -0.39 is 8.29 Å². The second kappa shape index (κ2) is 14.9. The lowest BCUT2D eigenvalue weighted by Gasteiger charge is -2.76. The van der Waals surface area contributed by atoms with E-state index in [-0.39, 0.29) is 5.41 Å². The van der Waals surface area contributed by atoms with Crippen LogP contribution >= 0.6 is 8.29 Å². The summed E-state index contributed by atoms with van der Waals surface area (Å²) in [5, 5.41) is 5.36. The highest BCUT2D eigenvalue weighted by Crippen LogP contribution is 2.99. The van der Waals surface area contributed by atoms with Crippen LogP contribution in [0.5, 0.6) is 0 Å². The van der Waals surface area contributed by atoms with E-state index in [2.05, 4.69) is 198 Å². The Hall–Kier alpha value is -6.29. The Morgan fingerprint density at radius 1 is 0.565 bits per heavy atom.